The van der Waals surface area contributed by atoms with Crippen molar-refractivity contribution >= 4 is 70.6 Å². The molecule has 0 unspecified atom stereocenters. The lowest BCUT2D eigenvalue weighted by molar-refractivity contribution is 1.08. The molecule has 0 aliphatic heterocycles. The van der Waals surface area contributed by atoms with E-state index in [2.05, 4.69) is 191 Å². The van der Waals surface area contributed by atoms with Crippen molar-refractivity contribution in [1.82, 2.24) is 19.5 Å². The first-order valence-corrected chi connectivity index (χ1v) is 20.4. The topological polar surface area (TPSA) is 48.0 Å². The molecule has 61 heavy (non-hydrogen) atoms. The molecular weight excluding hydrogens is 743 g/mol. The van der Waals surface area contributed by atoms with Crippen molar-refractivity contribution in [1.29, 1.82) is 0 Å². The molecular formula is C56H33N5. The average molecular weight is 776 g/mol. The Morgan fingerprint density at radius 1 is 0.361 bits per heavy atom. The molecule has 0 amide bonds. The molecule has 0 N–H and O–H groups in total. The monoisotopic (exact) mass is 775 g/mol. The summed E-state index contributed by atoms with van der Waals surface area (Å²) in [5, 5.41) is 10.9. The van der Waals surface area contributed by atoms with E-state index in [1.165, 1.54) is 0 Å². The van der Waals surface area contributed by atoms with Crippen LogP contribution in [0.5, 0.6) is 0 Å². The van der Waals surface area contributed by atoms with Crippen molar-refractivity contribution < 1.29 is 0 Å². The SMILES string of the molecule is [C-]#[N+]c1ccc2c(c1)c1cc(-c3c4ccccc4c(-c4nc(-c5cccc6ccccc56)nc(-c5cccc6ccccc56)n4)c4ccccc34)ccc1n2-c1ccccc1. The second-order valence-electron chi connectivity index (χ2n) is 15.4. The molecule has 0 saturated heterocycles. The Bertz CT molecular complexity index is 3620. The van der Waals surface area contributed by atoms with Crippen molar-refractivity contribution in [2.75, 3.05) is 0 Å². The summed E-state index contributed by atoms with van der Waals surface area (Å²) in [5.74, 6) is 1.87. The fraction of sp³-hybridized carbons (Fsp3) is 0. The zero-order valence-electron chi connectivity index (χ0n) is 32.8. The van der Waals surface area contributed by atoms with Crippen LogP contribution >= 0.6 is 0 Å². The highest BCUT2D eigenvalue weighted by Crippen LogP contribution is 2.45. The number of fused-ring (bicyclic) bond motifs is 7. The smallest absolute Gasteiger partial charge is 0.188 e. The highest BCUT2D eigenvalue weighted by atomic mass is 15.0. The largest absolute Gasteiger partial charge is 0.309 e. The standard InChI is InChI=1S/C56H33N5/c1-57-38-30-32-51-49(34-38)48-33-37(29-31-50(48)61(51)39-19-3-2-4-20-39)52-42-23-9-11-25-44(42)53(45-26-12-10-24-43(45)52)56-59-54(46-27-13-17-35-15-5-7-21-40(35)46)58-55(60-56)47-28-14-18-36-16-6-8-22-41(36)47/h2-34H. The van der Waals surface area contributed by atoms with E-state index in [1.807, 2.05) is 18.2 Å². The molecule has 2 heterocycles. The highest BCUT2D eigenvalue weighted by molar-refractivity contribution is 6.22. The number of benzene rings is 10. The molecule has 0 aliphatic rings. The van der Waals surface area contributed by atoms with Gasteiger partial charge in [-0.1, -0.05) is 164 Å². The molecule has 10 aromatic carbocycles. The van der Waals surface area contributed by atoms with Gasteiger partial charge in [0, 0.05) is 27.8 Å². The van der Waals surface area contributed by atoms with Gasteiger partial charge in [0.2, 0.25) is 0 Å². The molecule has 0 aliphatic carbocycles. The van der Waals surface area contributed by atoms with E-state index in [0.29, 0.717) is 23.2 Å². The second kappa shape index (κ2) is 13.8. The van der Waals surface area contributed by atoms with Crippen LogP contribution in [0.15, 0.2) is 200 Å². The maximum Gasteiger partial charge on any atom is 0.188 e. The quantitative estimate of drug-likeness (QED) is 0.129. The van der Waals surface area contributed by atoms with Crippen molar-refractivity contribution in [3.63, 3.8) is 0 Å². The van der Waals surface area contributed by atoms with Gasteiger partial charge in [0.05, 0.1) is 17.6 Å². The fourth-order valence-corrected chi connectivity index (χ4v) is 9.34. The number of rotatable bonds is 5. The summed E-state index contributed by atoms with van der Waals surface area (Å²) < 4.78 is 2.29. The summed E-state index contributed by atoms with van der Waals surface area (Å²) in [5.41, 5.74) is 8.95. The molecule has 2 aromatic heterocycles. The van der Waals surface area contributed by atoms with E-state index in [9.17, 15) is 0 Å². The third-order valence-electron chi connectivity index (χ3n) is 12.0. The van der Waals surface area contributed by atoms with Gasteiger partial charge in [-0.3, -0.25) is 0 Å². The van der Waals surface area contributed by atoms with Crippen LogP contribution in [0.4, 0.5) is 5.69 Å². The predicted octanol–water partition coefficient (Wildman–Crippen LogP) is 14.8. The van der Waals surface area contributed by atoms with Crippen LogP contribution in [0.25, 0.3) is 121 Å². The van der Waals surface area contributed by atoms with Crippen molar-refractivity contribution in [2.24, 2.45) is 0 Å². The first kappa shape index (κ1) is 34.6. The van der Waals surface area contributed by atoms with Crippen LogP contribution in [-0.2, 0) is 0 Å². The molecule has 0 saturated carbocycles. The summed E-state index contributed by atoms with van der Waals surface area (Å²) in [6, 6.07) is 69.9. The van der Waals surface area contributed by atoms with Gasteiger partial charge >= 0.3 is 0 Å². The second-order valence-corrected chi connectivity index (χ2v) is 15.4. The van der Waals surface area contributed by atoms with Crippen LogP contribution in [-0.4, -0.2) is 19.5 Å². The number of hydrogen-bond donors (Lipinski definition) is 0. The van der Waals surface area contributed by atoms with Crippen LogP contribution < -0.4 is 0 Å². The van der Waals surface area contributed by atoms with Gasteiger partial charge in [0.25, 0.3) is 0 Å². The first-order chi connectivity index (χ1) is 30.2. The van der Waals surface area contributed by atoms with E-state index < -0.39 is 0 Å². The number of hydrogen-bond acceptors (Lipinski definition) is 3. The van der Waals surface area contributed by atoms with E-state index >= 15 is 0 Å². The molecule has 12 rings (SSSR count). The van der Waals surface area contributed by atoms with Crippen LogP contribution in [0, 0.1) is 6.57 Å². The van der Waals surface area contributed by atoms with Crippen molar-refractivity contribution in [2.45, 2.75) is 0 Å². The van der Waals surface area contributed by atoms with Gasteiger partial charge in [0.15, 0.2) is 23.2 Å². The Labute approximate surface area is 351 Å². The Hall–Kier alpha value is -8.46. The summed E-state index contributed by atoms with van der Waals surface area (Å²) in [7, 11) is 0. The molecule has 0 spiro atoms. The van der Waals surface area contributed by atoms with Gasteiger partial charge in [-0.15, -0.1) is 0 Å². The van der Waals surface area contributed by atoms with Gasteiger partial charge < -0.3 is 4.57 Å². The van der Waals surface area contributed by atoms with Gasteiger partial charge in [-0.25, -0.2) is 19.8 Å². The lowest BCUT2D eigenvalue weighted by Crippen LogP contribution is -2.02. The predicted molar refractivity (Wildman–Crippen MR) is 252 cm³/mol. The minimum Gasteiger partial charge on any atom is -0.309 e. The summed E-state index contributed by atoms with van der Waals surface area (Å²) in [4.78, 5) is 19.9. The summed E-state index contributed by atoms with van der Waals surface area (Å²) in [6.45, 7) is 7.85. The molecule has 0 bridgehead atoms. The van der Waals surface area contributed by atoms with Gasteiger partial charge in [0.1, 0.15) is 0 Å². The fourth-order valence-electron chi connectivity index (χ4n) is 9.34. The van der Waals surface area contributed by atoms with E-state index in [0.717, 1.165) is 98.4 Å². The molecule has 0 fully saturated rings. The molecule has 5 heteroatoms. The Kier molecular flexibility index (Phi) is 7.84. The number of nitrogens with zero attached hydrogens (tertiary/aromatic N) is 5. The zero-order valence-corrected chi connectivity index (χ0v) is 32.8. The van der Waals surface area contributed by atoms with Crippen LogP contribution in [0.3, 0.4) is 0 Å². The number of para-hydroxylation sites is 1. The normalized spacial score (nSPS) is 11.6. The van der Waals surface area contributed by atoms with E-state index in [-0.39, 0.29) is 0 Å². The summed E-state index contributed by atoms with van der Waals surface area (Å²) in [6.07, 6.45) is 0. The molecule has 12 aromatic rings. The maximum atomic E-state index is 7.85. The lowest BCUT2D eigenvalue weighted by atomic mass is 9.87. The number of aromatic nitrogens is 4. The Morgan fingerprint density at radius 2 is 0.820 bits per heavy atom. The van der Waals surface area contributed by atoms with E-state index in [4.69, 9.17) is 21.5 Å². The van der Waals surface area contributed by atoms with Crippen molar-refractivity contribution in [3.05, 3.63) is 212 Å². The Balaban J connectivity index is 1.15. The first-order valence-electron chi connectivity index (χ1n) is 20.4. The van der Waals surface area contributed by atoms with Crippen LogP contribution in [0.1, 0.15) is 0 Å². The van der Waals surface area contributed by atoms with Crippen molar-refractivity contribution in [3.8, 4) is 51.0 Å². The molecule has 0 radical (unpaired) electrons. The minimum absolute atomic E-state index is 0.618. The lowest BCUT2D eigenvalue weighted by Gasteiger charge is -2.18. The molecule has 5 nitrogen and oxygen atoms in total. The highest BCUT2D eigenvalue weighted by Gasteiger charge is 2.23. The maximum absolute atomic E-state index is 7.85. The third kappa shape index (κ3) is 5.51. The van der Waals surface area contributed by atoms with Crippen LogP contribution in [0.2, 0.25) is 0 Å². The van der Waals surface area contributed by atoms with Gasteiger partial charge in [-0.05, 0) is 96.0 Å². The third-order valence-corrected chi connectivity index (χ3v) is 12.0. The minimum atomic E-state index is 0.618. The summed E-state index contributed by atoms with van der Waals surface area (Å²) >= 11 is 0. The van der Waals surface area contributed by atoms with E-state index in [1.54, 1.807) is 0 Å². The molecule has 282 valence electrons. The Morgan fingerprint density at radius 3 is 1.39 bits per heavy atom. The molecule has 0 atom stereocenters. The zero-order chi connectivity index (χ0) is 40.4. The average Bonchev–Trinajstić information content (AvgIpc) is 3.65. The van der Waals surface area contributed by atoms with Gasteiger partial charge in [-0.2, -0.15) is 0 Å².